The van der Waals surface area contributed by atoms with E-state index < -0.39 is 17.3 Å². The van der Waals surface area contributed by atoms with Gasteiger partial charge in [0.05, 0.1) is 29.0 Å². The number of pyridine rings is 1. The molecule has 0 unspecified atom stereocenters. The highest BCUT2D eigenvalue weighted by Gasteiger charge is 2.49. The Bertz CT molecular complexity index is 1080. The number of likely N-dealkylation sites (tertiary alicyclic amines) is 1. The molecule has 168 valence electrons. The van der Waals surface area contributed by atoms with Crippen molar-refractivity contribution < 1.29 is 23.8 Å². The first kappa shape index (κ1) is 21.0. The van der Waals surface area contributed by atoms with E-state index in [0.717, 1.165) is 22.9 Å². The molecule has 3 aliphatic heterocycles. The molecule has 0 bridgehead atoms. The molecule has 2 aromatic rings. The van der Waals surface area contributed by atoms with Crippen LogP contribution in [-0.4, -0.2) is 53.0 Å². The number of rotatable bonds is 4. The van der Waals surface area contributed by atoms with E-state index in [2.05, 4.69) is 9.88 Å². The Morgan fingerprint density at radius 2 is 1.94 bits per heavy atom. The first-order chi connectivity index (χ1) is 15.4. The van der Waals surface area contributed by atoms with Gasteiger partial charge in [-0.2, -0.15) is 0 Å². The predicted octanol–water partition coefficient (Wildman–Crippen LogP) is 2.75. The molecule has 32 heavy (non-hydrogen) atoms. The third kappa shape index (κ3) is 3.38. The van der Waals surface area contributed by atoms with Crippen molar-refractivity contribution in [3.63, 3.8) is 0 Å². The number of hydrogen-bond donors (Lipinski definition) is 1. The highest BCUT2D eigenvalue weighted by Crippen LogP contribution is 2.43. The molecule has 1 aromatic heterocycles. The van der Waals surface area contributed by atoms with E-state index in [0.29, 0.717) is 56.7 Å². The molecule has 1 spiro atoms. The van der Waals surface area contributed by atoms with E-state index in [-0.39, 0.29) is 18.5 Å². The fourth-order valence-corrected chi connectivity index (χ4v) is 5.34. The zero-order valence-electron chi connectivity index (χ0n) is 18.0. The highest BCUT2D eigenvalue weighted by atomic mass is 19.1. The highest BCUT2D eigenvalue weighted by molar-refractivity contribution is 6.00. The van der Waals surface area contributed by atoms with Gasteiger partial charge in [0.25, 0.3) is 0 Å². The molecule has 1 aromatic carbocycles. The van der Waals surface area contributed by atoms with Crippen LogP contribution in [0.25, 0.3) is 0 Å². The smallest absolute Gasteiger partial charge is 0.338 e. The number of aliphatic hydroxyl groups excluding tert-OH is 1. The molecule has 1 amide bonds. The standard InChI is InChI=1S/C24H26FN3O4/c1-15-16(2-3-17-18(15)14-32-22(17)30)21(29)13-27-9-5-24(6-10-27)7-11-28(23(24)31)20-4-8-26-12-19(20)25/h2-4,8,12,21,29H,5-7,9-11,13-14H2,1H3/t21-/m0/s1. The minimum atomic E-state index is -0.688. The van der Waals surface area contributed by atoms with E-state index in [1.54, 1.807) is 23.1 Å². The van der Waals surface area contributed by atoms with Crippen molar-refractivity contribution in [3.05, 3.63) is 58.7 Å². The molecular formula is C24H26FN3O4. The summed E-state index contributed by atoms with van der Waals surface area (Å²) in [5, 5.41) is 10.9. The second kappa shape index (κ2) is 7.94. The molecule has 2 fully saturated rings. The number of carbonyl (C=O) groups excluding carboxylic acids is 2. The fraction of sp³-hybridized carbons (Fsp3) is 0.458. The van der Waals surface area contributed by atoms with Crippen LogP contribution in [0.5, 0.6) is 0 Å². The number of β-amino-alcohol motifs (C(OH)–C–C–N with tert-alkyl or cyclic N) is 1. The zero-order valence-corrected chi connectivity index (χ0v) is 18.0. The third-order valence-electron chi connectivity index (χ3n) is 7.37. The number of hydrogen-bond acceptors (Lipinski definition) is 6. The van der Waals surface area contributed by atoms with Gasteiger partial charge in [-0.05, 0) is 62.5 Å². The minimum absolute atomic E-state index is 0.0121. The van der Waals surface area contributed by atoms with Gasteiger partial charge in [0.2, 0.25) is 5.91 Å². The minimum Gasteiger partial charge on any atom is -0.457 e. The fourth-order valence-electron chi connectivity index (χ4n) is 5.34. The van der Waals surface area contributed by atoms with E-state index in [4.69, 9.17) is 4.74 Å². The van der Waals surface area contributed by atoms with Crippen molar-refractivity contribution in [2.24, 2.45) is 5.41 Å². The number of nitrogens with zero attached hydrogens (tertiary/aromatic N) is 3. The molecule has 8 heteroatoms. The number of amides is 1. The van der Waals surface area contributed by atoms with Crippen molar-refractivity contribution in [2.75, 3.05) is 31.1 Å². The van der Waals surface area contributed by atoms with Gasteiger partial charge >= 0.3 is 5.97 Å². The average Bonchev–Trinajstić information content (AvgIpc) is 3.32. The van der Waals surface area contributed by atoms with E-state index in [9.17, 15) is 19.1 Å². The van der Waals surface area contributed by atoms with Gasteiger partial charge in [0, 0.05) is 24.8 Å². The summed E-state index contributed by atoms with van der Waals surface area (Å²) in [5.74, 6) is -0.801. The van der Waals surface area contributed by atoms with Crippen LogP contribution in [0.15, 0.2) is 30.6 Å². The lowest BCUT2D eigenvalue weighted by Gasteiger charge is -2.38. The van der Waals surface area contributed by atoms with Crippen LogP contribution < -0.4 is 4.90 Å². The van der Waals surface area contributed by atoms with Crippen LogP contribution in [0, 0.1) is 18.2 Å². The number of anilines is 1. The maximum atomic E-state index is 14.2. The summed E-state index contributed by atoms with van der Waals surface area (Å²) in [5.41, 5.74) is 2.97. The van der Waals surface area contributed by atoms with Crippen molar-refractivity contribution >= 4 is 17.6 Å². The average molecular weight is 439 g/mol. The molecule has 2 saturated heterocycles. The van der Waals surface area contributed by atoms with Gasteiger partial charge in [-0.25, -0.2) is 9.18 Å². The van der Waals surface area contributed by atoms with Gasteiger partial charge in [-0.1, -0.05) is 6.07 Å². The number of benzene rings is 1. The van der Waals surface area contributed by atoms with Gasteiger partial charge in [-0.3, -0.25) is 9.78 Å². The molecular weight excluding hydrogens is 413 g/mol. The Kier molecular flexibility index (Phi) is 5.22. The second-order valence-corrected chi connectivity index (χ2v) is 9.01. The number of aromatic nitrogens is 1. The van der Waals surface area contributed by atoms with Crippen LogP contribution in [0.2, 0.25) is 0 Å². The van der Waals surface area contributed by atoms with E-state index in [1.165, 1.54) is 6.20 Å². The van der Waals surface area contributed by atoms with Crippen LogP contribution in [0.4, 0.5) is 10.1 Å². The molecule has 1 N–H and O–H groups in total. The second-order valence-electron chi connectivity index (χ2n) is 9.01. The van der Waals surface area contributed by atoms with Gasteiger partial charge < -0.3 is 19.6 Å². The number of esters is 1. The van der Waals surface area contributed by atoms with Gasteiger partial charge in [0.15, 0.2) is 5.82 Å². The molecule has 5 rings (SSSR count). The van der Waals surface area contributed by atoms with Crippen LogP contribution in [0.3, 0.4) is 0 Å². The summed E-state index contributed by atoms with van der Waals surface area (Å²) in [6.45, 7) is 4.53. The number of aliphatic hydroxyl groups is 1. The van der Waals surface area contributed by atoms with Crippen LogP contribution in [-0.2, 0) is 16.1 Å². The zero-order chi connectivity index (χ0) is 22.5. The molecule has 0 saturated carbocycles. The molecule has 0 aliphatic carbocycles. The van der Waals surface area contributed by atoms with Crippen molar-refractivity contribution in [3.8, 4) is 0 Å². The molecule has 4 heterocycles. The van der Waals surface area contributed by atoms with Crippen molar-refractivity contribution in [1.29, 1.82) is 0 Å². The Morgan fingerprint density at radius 1 is 1.19 bits per heavy atom. The number of fused-ring (bicyclic) bond motifs is 1. The Labute approximate surface area is 185 Å². The summed E-state index contributed by atoms with van der Waals surface area (Å²) < 4.78 is 19.3. The third-order valence-corrected chi connectivity index (χ3v) is 7.37. The quantitative estimate of drug-likeness (QED) is 0.738. The maximum absolute atomic E-state index is 14.2. The largest absolute Gasteiger partial charge is 0.457 e. The lowest BCUT2D eigenvalue weighted by molar-refractivity contribution is -0.128. The van der Waals surface area contributed by atoms with Crippen molar-refractivity contribution in [2.45, 2.75) is 38.9 Å². The summed E-state index contributed by atoms with van der Waals surface area (Å²) in [7, 11) is 0. The normalized spacial score (nSPS) is 21.2. The van der Waals surface area contributed by atoms with Gasteiger partial charge in [0.1, 0.15) is 6.61 Å². The molecule has 3 aliphatic rings. The van der Waals surface area contributed by atoms with Crippen molar-refractivity contribution in [1.82, 2.24) is 9.88 Å². The number of piperidine rings is 1. The number of carbonyl (C=O) groups is 2. The van der Waals surface area contributed by atoms with Gasteiger partial charge in [-0.15, -0.1) is 0 Å². The molecule has 7 nitrogen and oxygen atoms in total. The number of cyclic esters (lactones) is 1. The van der Waals surface area contributed by atoms with E-state index in [1.807, 2.05) is 6.92 Å². The topological polar surface area (TPSA) is 83.0 Å². The number of ether oxygens (including phenoxy) is 1. The Balaban J connectivity index is 1.24. The maximum Gasteiger partial charge on any atom is 0.338 e. The predicted molar refractivity (Wildman–Crippen MR) is 115 cm³/mol. The first-order valence-corrected chi connectivity index (χ1v) is 11.0. The molecule has 0 radical (unpaired) electrons. The Hall–Kier alpha value is -2.84. The summed E-state index contributed by atoms with van der Waals surface area (Å²) in [4.78, 5) is 32.4. The van der Waals surface area contributed by atoms with E-state index >= 15 is 0 Å². The summed E-state index contributed by atoms with van der Waals surface area (Å²) >= 11 is 0. The monoisotopic (exact) mass is 439 g/mol. The number of halogens is 1. The molecule has 1 atom stereocenters. The summed E-state index contributed by atoms with van der Waals surface area (Å²) in [6.07, 6.45) is 4.04. The Morgan fingerprint density at radius 3 is 2.69 bits per heavy atom. The lowest BCUT2D eigenvalue weighted by atomic mass is 9.77. The lowest BCUT2D eigenvalue weighted by Crippen LogP contribution is -2.45. The summed E-state index contributed by atoms with van der Waals surface area (Å²) in [6, 6.07) is 5.08. The van der Waals surface area contributed by atoms with Crippen LogP contribution >= 0.6 is 0 Å². The first-order valence-electron chi connectivity index (χ1n) is 11.0. The SMILES string of the molecule is Cc1c([C@@H](O)CN2CCC3(CC2)CCN(c2ccncc2F)C3=O)ccc2c1COC2=O. The van der Waals surface area contributed by atoms with Crippen LogP contribution in [0.1, 0.15) is 52.4 Å².